The van der Waals surface area contributed by atoms with Gasteiger partial charge in [-0.15, -0.1) is 0 Å². The van der Waals surface area contributed by atoms with Crippen LogP contribution in [0.5, 0.6) is 0 Å². The van der Waals surface area contributed by atoms with Crippen LogP contribution in [-0.2, 0) is 25.7 Å². The Hall–Kier alpha value is -3.88. The van der Waals surface area contributed by atoms with Crippen LogP contribution in [0.3, 0.4) is 0 Å². The predicted molar refractivity (Wildman–Crippen MR) is 146 cm³/mol. The Bertz CT molecular complexity index is 1290. The van der Waals surface area contributed by atoms with Crippen molar-refractivity contribution >= 4 is 23.7 Å². The molecule has 1 aromatic carbocycles. The molecule has 1 aliphatic carbocycles. The second-order valence-corrected chi connectivity index (χ2v) is 11.9. The van der Waals surface area contributed by atoms with Crippen LogP contribution in [0.2, 0.25) is 0 Å². The fraction of sp³-hybridized carbons (Fsp3) is 0.484. The predicted octanol–water partition coefficient (Wildman–Crippen LogP) is 3.87. The van der Waals surface area contributed by atoms with Crippen LogP contribution in [0, 0.1) is 16.7 Å². The molecule has 3 heterocycles. The maximum Gasteiger partial charge on any atom is 0.317 e. The van der Waals surface area contributed by atoms with Gasteiger partial charge in [-0.3, -0.25) is 19.2 Å². The van der Waals surface area contributed by atoms with Gasteiger partial charge in [0, 0.05) is 44.2 Å². The van der Waals surface area contributed by atoms with E-state index in [-0.39, 0.29) is 47.7 Å². The maximum atomic E-state index is 14.0. The lowest BCUT2D eigenvalue weighted by Gasteiger charge is -2.51. The number of ether oxygens (including phenoxy) is 1. The number of fused-ring (bicyclic) bond motifs is 1. The molecule has 9 nitrogen and oxygen atoms in total. The Balaban J connectivity index is 1.36. The highest BCUT2D eigenvalue weighted by Crippen LogP contribution is 2.55. The molecule has 0 spiro atoms. The van der Waals surface area contributed by atoms with Gasteiger partial charge < -0.3 is 23.9 Å². The number of carbonyl (C=O) groups excluding carboxylic acids is 4. The standard InChI is InChI=1S/C31H37N3O6/c1-30(2)12-11-25-31(21-30,29(38)39-3)19-23(27(36)34(25)20-22-8-5-4-6-9-22)18-26(35)32-13-15-33(16-14-32)28(37)24-10-7-17-40-24/h4-11,17,23H,12-16,18-21H2,1-3H3/t23-,31-/m1/s1. The molecule has 2 fully saturated rings. The summed E-state index contributed by atoms with van der Waals surface area (Å²) < 4.78 is 10.6. The molecular weight excluding hydrogens is 510 g/mol. The highest BCUT2D eigenvalue weighted by atomic mass is 16.5. The summed E-state index contributed by atoms with van der Waals surface area (Å²) in [5.41, 5.74) is 0.478. The molecule has 2 atom stereocenters. The number of piperidine rings is 1. The number of nitrogens with zero attached hydrogens (tertiary/aromatic N) is 3. The quantitative estimate of drug-likeness (QED) is 0.509. The molecule has 9 heteroatoms. The molecule has 1 aromatic heterocycles. The van der Waals surface area contributed by atoms with E-state index in [2.05, 4.69) is 13.8 Å². The zero-order valence-electron chi connectivity index (χ0n) is 23.4. The zero-order chi connectivity index (χ0) is 28.5. The lowest BCUT2D eigenvalue weighted by Crippen LogP contribution is -2.56. The zero-order valence-corrected chi connectivity index (χ0v) is 23.4. The van der Waals surface area contributed by atoms with Crippen molar-refractivity contribution in [3.8, 4) is 0 Å². The molecule has 0 N–H and O–H groups in total. The normalized spacial score (nSPS) is 24.3. The molecule has 2 aromatic rings. The maximum absolute atomic E-state index is 14.0. The van der Waals surface area contributed by atoms with E-state index in [0.717, 1.165) is 12.0 Å². The number of piperazine rings is 1. The Labute approximate surface area is 234 Å². The van der Waals surface area contributed by atoms with E-state index in [4.69, 9.17) is 9.15 Å². The highest BCUT2D eigenvalue weighted by Gasteiger charge is 2.57. The van der Waals surface area contributed by atoms with E-state index < -0.39 is 11.3 Å². The number of hydrogen-bond donors (Lipinski definition) is 0. The minimum absolute atomic E-state index is 0.00268. The van der Waals surface area contributed by atoms with Crippen LogP contribution >= 0.6 is 0 Å². The molecule has 0 bridgehead atoms. The van der Waals surface area contributed by atoms with Gasteiger partial charge in [-0.1, -0.05) is 50.3 Å². The van der Waals surface area contributed by atoms with Crippen molar-refractivity contribution in [3.05, 3.63) is 71.8 Å². The summed E-state index contributed by atoms with van der Waals surface area (Å²) in [5, 5.41) is 0. The van der Waals surface area contributed by atoms with Crippen molar-refractivity contribution in [2.24, 2.45) is 16.7 Å². The first-order valence-electron chi connectivity index (χ1n) is 13.9. The lowest BCUT2D eigenvalue weighted by atomic mass is 9.59. The van der Waals surface area contributed by atoms with Crippen LogP contribution in [-0.4, -0.2) is 71.7 Å². The molecular formula is C31H37N3O6. The minimum atomic E-state index is -1.00. The fourth-order valence-corrected chi connectivity index (χ4v) is 6.54. The summed E-state index contributed by atoms with van der Waals surface area (Å²) in [4.78, 5) is 58.7. The number of allylic oxidation sites excluding steroid dienone is 1. The molecule has 0 radical (unpaired) electrons. The van der Waals surface area contributed by atoms with E-state index in [0.29, 0.717) is 44.8 Å². The van der Waals surface area contributed by atoms with Gasteiger partial charge in [-0.2, -0.15) is 0 Å². The van der Waals surface area contributed by atoms with Crippen molar-refractivity contribution in [1.82, 2.24) is 14.7 Å². The van der Waals surface area contributed by atoms with Gasteiger partial charge in [0.2, 0.25) is 11.8 Å². The average Bonchev–Trinajstić information content (AvgIpc) is 3.49. The molecule has 3 amide bonds. The van der Waals surface area contributed by atoms with Crippen LogP contribution in [0.4, 0.5) is 0 Å². The third-order valence-corrected chi connectivity index (χ3v) is 8.45. The summed E-state index contributed by atoms with van der Waals surface area (Å²) in [6.07, 6.45) is 5.00. The van der Waals surface area contributed by atoms with Gasteiger partial charge >= 0.3 is 5.97 Å². The number of furan rings is 1. The van der Waals surface area contributed by atoms with Crippen molar-refractivity contribution in [3.63, 3.8) is 0 Å². The van der Waals surface area contributed by atoms with Gasteiger partial charge in [-0.05, 0) is 42.4 Å². The van der Waals surface area contributed by atoms with E-state index >= 15 is 0 Å². The summed E-state index contributed by atoms with van der Waals surface area (Å²) >= 11 is 0. The summed E-state index contributed by atoms with van der Waals surface area (Å²) in [6.45, 7) is 6.08. The first-order chi connectivity index (χ1) is 19.1. The number of methoxy groups -OCH3 is 1. The third-order valence-electron chi connectivity index (χ3n) is 8.45. The Morgan fingerprint density at radius 2 is 1.70 bits per heavy atom. The third kappa shape index (κ3) is 5.29. The van der Waals surface area contributed by atoms with E-state index in [1.807, 2.05) is 36.4 Å². The second-order valence-electron chi connectivity index (χ2n) is 11.9. The highest BCUT2D eigenvalue weighted by molar-refractivity contribution is 5.93. The number of likely N-dealkylation sites (tertiary alicyclic amines) is 1. The molecule has 5 rings (SSSR count). The van der Waals surface area contributed by atoms with Crippen LogP contribution in [0.25, 0.3) is 0 Å². The van der Waals surface area contributed by atoms with Gasteiger partial charge in [0.25, 0.3) is 5.91 Å². The Morgan fingerprint density at radius 1 is 1.00 bits per heavy atom. The summed E-state index contributed by atoms with van der Waals surface area (Å²) in [6, 6.07) is 13.0. The lowest BCUT2D eigenvalue weighted by molar-refractivity contribution is -0.163. The number of carbonyl (C=O) groups is 4. The van der Waals surface area contributed by atoms with Gasteiger partial charge in [-0.25, -0.2) is 0 Å². The number of hydrogen-bond acceptors (Lipinski definition) is 6. The molecule has 2 aliphatic heterocycles. The van der Waals surface area contributed by atoms with Crippen LogP contribution < -0.4 is 0 Å². The van der Waals surface area contributed by atoms with E-state index in [1.165, 1.54) is 13.4 Å². The summed E-state index contributed by atoms with van der Waals surface area (Å²) in [5.74, 6) is -1.24. The monoisotopic (exact) mass is 547 g/mol. The topological polar surface area (TPSA) is 100 Å². The number of esters is 1. The first-order valence-corrected chi connectivity index (χ1v) is 13.9. The van der Waals surface area contributed by atoms with Crippen molar-refractivity contribution < 1.29 is 28.3 Å². The molecule has 212 valence electrons. The molecule has 2 saturated heterocycles. The minimum Gasteiger partial charge on any atom is -0.468 e. The second kappa shape index (κ2) is 10.9. The van der Waals surface area contributed by atoms with Crippen molar-refractivity contribution in [2.75, 3.05) is 33.3 Å². The smallest absolute Gasteiger partial charge is 0.317 e. The fourth-order valence-electron chi connectivity index (χ4n) is 6.54. The SMILES string of the molecule is COC(=O)[C@@]12C[C@@H](CC(=O)N3CCN(C(=O)c4ccco4)CC3)C(=O)N(Cc3ccccc3)C1=CCC(C)(C)C2. The number of rotatable bonds is 6. The van der Waals surface area contributed by atoms with Gasteiger partial charge in [0.15, 0.2) is 5.76 Å². The van der Waals surface area contributed by atoms with E-state index in [9.17, 15) is 19.2 Å². The Morgan fingerprint density at radius 3 is 2.35 bits per heavy atom. The summed E-state index contributed by atoms with van der Waals surface area (Å²) in [7, 11) is 1.39. The number of amides is 3. The number of benzene rings is 1. The average molecular weight is 548 g/mol. The van der Waals surface area contributed by atoms with Crippen LogP contribution in [0.15, 0.2) is 64.9 Å². The van der Waals surface area contributed by atoms with Crippen LogP contribution in [0.1, 0.15) is 55.6 Å². The van der Waals surface area contributed by atoms with Crippen molar-refractivity contribution in [1.29, 1.82) is 0 Å². The van der Waals surface area contributed by atoms with Gasteiger partial charge in [0.05, 0.1) is 19.9 Å². The molecule has 3 aliphatic rings. The van der Waals surface area contributed by atoms with Crippen molar-refractivity contribution in [2.45, 2.75) is 46.1 Å². The molecule has 40 heavy (non-hydrogen) atoms. The molecule has 0 saturated carbocycles. The molecule has 0 unspecified atom stereocenters. The van der Waals surface area contributed by atoms with Gasteiger partial charge in [0.1, 0.15) is 5.41 Å². The largest absolute Gasteiger partial charge is 0.468 e. The van der Waals surface area contributed by atoms with E-state index in [1.54, 1.807) is 26.8 Å². The first kappa shape index (κ1) is 27.7. The Kier molecular flexibility index (Phi) is 7.57.